The Hall–Kier alpha value is -1.42. The molecule has 0 aliphatic heterocycles. The molecule has 4 nitrogen and oxygen atoms in total. The maximum atomic E-state index is 6.19. The van der Waals surface area contributed by atoms with Gasteiger partial charge in [-0.15, -0.1) is 0 Å². The fourth-order valence-corrected chi connectivity index (χ4v) is 2.55. The van der Waals surface area contributed by atoms with E-state index in [2.05, 4.69) is 18.7 Å². The van der Waals surface area contributed by atoms with Gasteiger partial charge in [0.15, 0.2) is 11.5 Å². The second-order valence-corrected chi connectivity index (χ2v) is 5.74. The van der Waals surface area contributed by atoms with Crippen molar-refractivity contribution in [2.75, 3.05) is 33.0 Å². The Labute approximate surface area is 135 Å². The number of methoxy groups -OCH3 is 2. The molecule has 0 atom stereocenters. The average molecular weight is 308 g/mol. The second kappa shape index (κ2) is 10.3. The molecule has 0 aliphatic carbocycles. The lowest BCUT2D eigenvalue weighted by molar-refractivity contribution is 0.255. The van der Waals surface area contributed by atoms with Crippen molar-refractivity contribution in [1.82, 2.24) is 4.90 Å². The first-order valence-corrected chi connectivity index (χ1v) is 8.38. The van der Waals surface area contributed by atoms with E-state index in [4.69, 9.17) is 15.2 Å². The standard InChI is InChI=1S/C18H32N2O2/c1-5-7-9-11-20(10-8-6-2)14-15-12-17(21-3)18(22-4)13-16(15)19/h12-13H,5-11,14,19H2,1-4H3. The molecule has 0 saturated heterocycles. The number of anilines is 1. The highest BCUT2D eigenvalue weighted by Crippen LogP contribution is 2.32. The average Bonchev–Trinajstić information content (AvgIpc) is 2.53. The lowest BCUT2D eigenvalue weighted by Gasteiger charge is -2.23. The first-order chi connectivity index (χ1) is 10.7. The molecule has 1 aromatic carbocycles. The summed E-state index contributed by atoms with van der Waals surface area (Å²) in [6, 6.07) is 3.87. The molecule has 0 aliphatic rings. The quantitative estimate of drug-likeness (QED) is 0.494. The number of ether oxygens (including phenoxy) is 2. The minimum atomic E-state index is 0.690. The molecule has 1 rings (SSSR count). The number of nitrogen functional groups attached to an aromatic ring is 1. The fraction of sp³-hybridized carbons (Fsp3) is 0.667. The Morgan fingerprint density at radius 1 is 0.909 bits per heavy atom. The van der Waals surface area contributed by atoms with Crippen molar-refractivity contribution in [3.63, 3.8) is 0 Å². The van der Waals surface area contributed by atoms with Crippen molar-refractivity contribution in [1.29, 1.82) is 0 Å². The molecule has 0 amide bonds. The van der Waals surface area contributed by atoms with Crippen LogP contribution in [0.1, 0.15) is 51.5 Å². The van der Waals surface area contributed by atoms with Crippen molar-refractivity contribution >= 4 is 5.69 Å². The first-order valence-electron chi connectivity index (χ1n) is 8.38. The van der Waals surface area contributed by atoms with Gasteiger partial charge in [-0.25, -0.2) is 0 Å². The summed E-state index contributed by atoms with van der Waals surface area (Å²) >= 11 is 0. The van der Waals surface area contributed by atoms with Crippen molar-refractivity contribution in [2.45, 2.75) is 52.5 Å². The van der Waals surface area contributed by atoms with Gasteiger partial charge in [0, 0.05) is 18.3 Å². The van der Waals surface area contributed by atoms with Gasteiger partial charge in [-0.2, -0.15) is 0 Å². The molecule has 0 saturated carbocycles. The van der Waals surface area contributed by atoms with E-state index in [0.29, 0.717) is 5.75 Å². The zero-order valence-electron chi connectivity index (χ0n) is 14.7. The zero-order valence-corrected chi connectivity index (χ0v) is 14.7. The lowest BCUT2D eigenvalue weighted by Crippen LogP contribution is -2.26. The molecule has 0 fully saturated rings. The summed E-state index contributed by atoms with van der Waals surface area (Å²) < 4.78 is 10.7. The molecule has 0 spiro atoms. The van der Waals surface area contributed by atoms with Crippen LogP contribution in [0, 0.1) is 0 Å². The molecule has 0 unspecified atom stereocenters. The Bertz CT molecular complexity index is 435. The van der Waals surface area contributed by atoms with E-state index in [1.165, 1.54) is 32.1 Å². The molecule has 0 heterocycles. The number of rotatable bonds is 11. The van der Waals surface area contributed by atoms with E-state index in [1.807, 2.05) is 12.1 Å². The molecule has 126 valence electrons. The van der Waals surface area contributed by atoms with E-state index < -0.39 is 0 Å². The van der Waals surface area contributed by atoms with Gasteiger partial charge in [0.1, 0.15) is 0 Å². The minimum absolute atomic E-state index is 0.690. The molecule has 0 bridgehead atoms. The third-order valence-electron chi connectivity index (χ3n) is 3.95. The summed E-state index contributed by atoms with van der Waals surface area (Å²) in [5, 5.41) is 0. The Morgan fingerprint density at radius 2 is 1.50 bits per heavy atom. The molecule has 22 heavy (non-hydrogen) atoms. The summed E-state index contributed by atoms with van der Waals surface area (Å²) in [6.07, 6.45) is 6.21. The van der Waals surface area contributed by atoms with Crippen LogP contribution in [0.3, 0.4) is 0 Å². The number of nitrogens with two attached hydrogens (primary N) is 1. The number of unbranched alkanes of at least 4 members (excludes halogenated alkanes) is 3. The van der Waals surface area contributed by atoms with Gasteiger partial charge in [0.2, 0.25) is 0 Å². The first kappa shape index (κ1) is 18.6. The van der Waals surface area contributed by atoms with Crippen LogP contribution < -0.4 is 15.2 Å². The summed E-state index contributed by atoms with van der Waals surface area (Å²) in [6.45, 7) is 7.59. The Morgan fingerprint density at radius 3 is 2.09 bits per heavy atom. The van der Waals surface area contributed by atoms with Crippen LogP contribution in [0.15, 0.2) is 12.1 Å². The van der Waals surface area contributed by atoms with Gasteiger partial charge in [-0.3, -0.25) is 4.90 Å². The van der Waals surface area contributed by atoms with E-state index in [9.17, 15) is 0 Å². The summed E-state index contributed by atoms with van der Waals surface area (Å²) in [5.74, 6) is 1.44. The van der Waals surface area contributed by atoms with E-state index in [1.54, 1.807) is 14.2 Å². The van der Waals surface area contributed by atoms with E-state index in [-0.39, 0.29) is 0 Å². The molecule has 0 radical (unpaired) electrons. The van der Waals surface area contributed by atoms with Gasteiger partial charge < -0.3 is 15.2 Å². The monoisotopic (exact) mass is 308 g/mol. The van der Waals surface area contributed by atoms with Crippen LogP contribution in [-0.2, 0) is 6.54 Å². The van der Waals surface area contributed by atoms with Crippen molar-refractivity contribution in [2.24, 2.45) is 0 Å². The number of hydrogen-bond acceptors (Lipinski definition) is 4. The fourth-order valence-electron chi connectivity index (χ4n) is 2.55. The Balaban J connectivity index is 2.81. The SMILES string of the molecule is CCCCCN(CCCC)Cc1cc(OC)c(OC)cc1N. The van der Waals surface area contributed by atoms with Crippen molar-refractivity contribution in [3.05, 3.63) is 17.7 Å². The van der Waals surface area contributed by atoms with Gasteiger partial charge in [-0.1, -0.05) is 33.1 Å². The zero-order chi connectivity index (χ0) is 16.4. The molecular formula is C18H32N2O2. The summed E-state index contributed by atoms with van der Waals surface area (Å²) in [4.78, 5) is 2.50. The predicted molar refractivity (Wildman–Crippen MR) is 93.7 cm³/mol. The van der Waals surface area contributed by atoms with Crippen molar-refractivity contribution < 1.29 is 9.47 Å². The van der Waals surface area contributed by atoms with Gasteiger partial charge in [0.05, 0.1) is 14.2 Å². The van der Waals surface area contributed by atoms with Crippen molar-refractivity contribution in [3.8, 4) is 11.5 Å². The number of hydrogen-bond donors (Lipinski definition) is 1. The van der Waals surface area contributed by atoms with E-state index in [0.717, 1.165) is 36.6 Å². The van der Waals surface area contributed by atoms with Crippen LogP contribution in [0.2, 0.25) is 0 Å². The van der Waals surface area contributed by atoms with Crippen LogP contribution in [0.4, 0.5) is 5.69 Å². The molecule has 0 aromatic heterocycles. The second-order valence-electron chi connectivity index (χ2n) is 5.74. The third-order valence-corrected chi connectivity index (χ3v) is 3.95. The Kier molecular flexibility index (Phi) is 8.75. The normalized spacial score (nSPS) is 11.0. The predicted octanol–water partition coefficient (Wildman–Crippen LogP) is 4.08. The maximum absolute atomic E-state index is 6.19. The maximum Gasteiger partial charge on any atom is 0.162 e. The van der Waals surface area contributed by atoms with Crippen LogP contribution in [0.5, 0.6) is 11.5 Å². The van der Waals surface area contributed by atoms with E-state index >= 15 is 0 Å². The summed E-state index contributed by atoms with van der Waals surface area (Å²) in [7, 11) is 3.29. The third kappa shape index (κ3) is 5.76. The largest absolute Gasteiger partial charge is 0.493 e. The van der Waals surface area contributed by atoms with Gasteiger partial charge in [0.25, 0.3) is 0 Å². The molecule has 4 heteroatoms. The highest BCUT2D eigenvalue weighted by Gasteiger charge is 2.12. The van der Waals surface area contributed by atoms with Crippen LogP contribution in [-0.4, -0.2) is 32.2 Å². The number of benzene rings is 1. The van der Waals surface area contributed by atoms with Crippen LogP contribution >= 0.6 is 0 Å². The molecule has 2 N–H and O–H groups in total. The molecular weight excluding hydrogens is 276 g/mol. The highest BCUT2D eigenvalue weighted by molar-refractivity contribution is 5.57. The van der Waals surface area contributed by atoms with Crippen LogP contribution in [0.25, 0.3) is 0 Å². The topological polar surface area (TPSA) is 47.7 Å². The minimum Gasteiger partial charge on any atom is -0.493 e. The smallest absolute Gasteiger partial charge is 0.162 e. The van der Waals surface area contributed by atoms with Gasteiger partial charge in [-0.05, 0) is 37.6 Å². The molecule has 1 aromatic rings. The number of nitrogens with zero attached hydrogens (tertiary/aromatic N) is 1. The summed E-state index contributed by atoms with van der Waals surface area (Å²) in [5.41, 5.74) is 8.08. The lowest BCUT2D eigenvalue weighted by atomic mass is 10.1. The van der Waals surface area contributed by atoms with Gasteiger partial charge >= 0.3 is 0 Å². The highest BCUT2D eigenvalue weighted by atomic mass is 16.5.